The van der Waals surface area contributed by atoms with Crippen molar-refractivity contribution >= 4 is 23.2 Å². The number of nitrogens with two attached hydrogens (primary N) is 1. The van der Waals surface area contributed by atoms with Gasteiger partial charge in [0, 0.05) is 12.6 Å². The van der Waals surface area contributed by atoms with Gasteiger partial charge in [0.2, 0.25) is 5.91 Å². The van der Waals surface area contributed by atoms with E-state index < -0.39 is 23.0 Å². The Bertz CT molecular complexity index is 444. The van der Waals surface area contributed by atoms with E-state index in [0.717, 1.165) is 6.07 Å². The van der Waals surface area contributed by atoms with E-state index in [2.05, 4.69) is 5.32 Å². The summed E-state index contributed by atoms with van der Waals surface area (Å²) in [5.41, 5.74) is 4.65. The maximum Gasteiger partial charge on any atom is 0.231 e. The van der Waals surface area contributed by atoms with Crippen LogP contribution in [0.4, 0.5) is 14.5 Å². The first-order valence-electron chi connectivity index (χ1n) is 6.06. The lowest BCUT2D eigenvalue weighted by Crippen LogP contribution is -2.41. The topological polar surface area (TPSA) is 55.1 Å². The summed E-state index contributed by atoms with van der Waals surface area (Å²) in [5, 5.41) is 2.23. The van der Waals surface area contributed by atoms with Gasteiger partial charge in [-0.1, -0.05) is 25.4 Å². The standard InChI is InChI=1S/C13H17ClF2N2O/c1-3-13(4-2,7-17)12(19)18-11-9(14)5-8(15)6-10(11)16/h5-6H,3-4,7,17H2,1-2H3,(H,18,19). The van der Waals surface area contributed by atoms with Gasteiger partial charge in [0.05, 0.1) is 16.1 Å². The summed E-state index contributed by atoms with van der Waals surface area (Å²) in [6.45, 7) is 3.81. The molecule has 1 aromatic rings. The zero-order valence-electron chi connectivity index (χ0n) is 10.9. The van der Waals surface area contributed by atoms with Gasteiger partial charge in [0.25, 0.3) is 0 Å². The first kappa shape index (κ1) is 15.9. The third-order valence-corrected chi connectivity index (χ3v) is 3.77. The summed E-state index contributed by atoms with van der Waals surface area (Å²) in [6, 6.07) is 1.62. The second-order valence-corrected chi connectivity index (χ2v) is 4.80. The number of rotatable bonds is 5. The summed E-state index contributed by atoms with van der Waals surface area (Å²) >= 11 is 5.73. The number of halogens is 3. The van der Waals surface area contributed by atoms with E-state index in [1.165, 1.54) is 0 Å². The third-order valence-electron chi connectivity index (χ3n) is 3.47. The molecule has 0 fully saturated rings. The molecule has 1 amide bonds. The summed E-state index contributed by atoms with van der Waals surface area (Å²) in [7, 11) is 0. The quantitative estimate of drug-likeness (QED) is 0.874. The van der Waals surface area contributed by atoms with Crippen molar-refractivity contribution in [3.8, 4) is 0 Å². The molecule has 0 aromatic heterocycles. The second kappa shape index (κ2) is 6.30. The van der Waals surface area contributed by atoms with Crippen LogP contribution in [0.1, 0.15) is 26.7 Å². The molecule has 0 saturated heterocycles. The van der Waals surface area contributed by atoms with E-state index in [0.29, 0.717) is 18.9 Å². The molecule has 0 aliphatic heterocycles. The van der Waals surface area contributed by atoms with Gasteiger partial charge < -0.3 is 11.1 Å². The van der Waals surface area contributed by atoms with Crippen LogP contribution in [0.3, 0.4) is 0 Å². The number of carbonyl (C=O) groups excluding carboxylic acids is 1. The van der Waals surface area contributed by atoms with Crippen molar-refractivity contribution in [2.45, 2.75) is 26.7 Å². The van der Waals surface area contributed by atoms with Gasteiger partial charge in [-0.15, -0.1) is 0 Å². The van der Waals surface area contributed by atoms with E-state index in [1.54, 1.807) is 0 Å². The van der Waals surface area contributed by atoms with Crippen LogP contribution in [-0.4, -0.2) is 12.5 Å². The number of carbonyl (C=O) groups is 1. The minimum absolute atomic E-state index is 0.145. The molecule has 0 atom stereocenters. The Morgan fingerprint density at radius 2 is 1.95 bits per heavy atom. The highest BCUT2D eigenvalue weighted by Crippen LogP contribution is 2.31. The molecular weight excluding hydrogens is 274 g/mol. The van der Waals surface area contributed by atoms with Crippen LogP contribution in [0.15, 0.2) is 12.1 Å². The summed E-state index contributed by atoms with van der Waals surface area (Å²) in [4.78, 5) is 12.2. The Balaban J connectivity index is 3.06. The SMILES string of the molecule is CCC(CC)(CN)C(=O)Nc1c(F)cc(F)cc1Cl. The minimum atomic E-state index is -0.906. The molecule has 0 unspecified atom stereocenters. The van der Waals surface area contributed by atoms with E-state index in [4.69, 9.17) is 17.3 Å². The maximum absolute atomic E-state index is 13.6. The van der Waals surface area contributed by atoms with Gasteiger partial charge in [-0.25, -0.2) is 8.78 Å². The molecule has 1 aromatic carbocycles. The Morgan fingerprint density at radius 1 is 1.37 bits per heavy atom. The van der Waals surface area contributed by atoms with Crippen molar-refractivity contribution in [2.24, 2.45) is 11.1 Å². The van der Waals surface area contributed by atoms with E-state index >= 15 is 0 Å². The first-order valence-corrected chi connectivity index (χ1v) is 6.44. The number of benzene rings is 1. The lowest BCUT2D eigenvalue weighted by Gasteiger charge is -2.28. The molecule has 6 heteroatoms. The van der Waals surface area contributed by atoms with Gasteiger partial charge in [-0.3, -0.25) is 4.79 Å². The highest BCUT2D eigenvalue weighted by molar-refractivity contribution is 6.33. The van der Waals surface area contributed by atoms with Crippen molar-refractivity contribution in [1.82, 2.24) is 0 Å². The van der Waals surface area contributed by atoms with E-state index in [9.17, 15) is 13.6 Å². The average Bonchev–Trinajstić information content (AvgIpc) is 2.36. The van der Waals surface area contributed by atoms with Crippen LogP contribution in [0.5, 0.6) is 0 Å². The van der Waals surface area contributed by atoms with Gasteiger partial charge in [-0.05, 0) is 18.9 Å². The van der Waals surface area contributed by atoms with Crippen molar-refractivity contribution in [3.63, 3.8) is 0 Å². The molecule has 1 rings (SSSR count). The molecule has 0 aliphatic carbocycles. The fourth-order valence-electron chi connectivity index (χ4n) is 1.86. The Hall–Kier alpha value is -1.20. The fourth-order valence-corrected chi connectivity index (χ4v) is 2.10. The number of anilines is 1. The van der Waals surface area contributed by atoms with Gasteiger partial charge >= 0.3 is 0 Å². The minimum Gasteiger partial charge on any atom is -0.329 e. The van der Waals surface area contributed by atoms with Crippen molar-refractivity contribution in [3.05, 3.63) is 28.8 Å². The Labute approximate surface area is 116 Å². The molecule has 19 heavy (non-hydrogen) atoms. The molecule has 106 valence electrons. The monoisotopic (exact) mass is 290 g/mol. The zero-order chi connectivity index (χ0) is 14.6. The van der Waals surface area contributed by atoms with Crippen LogP contribution in [0, 0.1) is 17.0 Å². The van der Waals surface area contributed by atoms with Crippen LogP contribution in [0.2, 0.25) is 5.02 Å². The molecular formula is C13H17ClF2N2O. The maximum atomic E-state index is 13.6. The highest BCUT2D eigenvalue weighted by atomic mass is 35.5. The first-order chi connectivity index (χ1) is 8.90. The second-order valence-electron chi connectivity index (χ2n) is 4.39. The fraction of sp³-hybridized carbons (Fsp3) is 0.462. The lowest BCUT2D eigenvalue weighted by atomic mass is 9.81. The lowest BCUT2D eigenvalue weighted by molar-refractivity contribution is -0.125. The predicted molar refractivity (Wildman–Crippen MR) is 72.1 cm³/mol. The number of amides is 1. The van der Waals surface area contributed by atoms with Crippen molar-refractivity contribution in [1.29, 1.82) is 0 Å². The Kier molecular flexibility index (Phi) is 5.26. The molecule has 0 heterocycles. The molecule has 0 aliphatic rings. The number of nitrogens with one attached hydrogen (secondary N) is 1. The van der Waals surface area contributed by atoms with E-state index in [1.807, 2.05) is 13.8 Å². The molecule has 3 N–H and O–H groups in total. The summed E-state index contributed by atoms with van der Waals surface area (Å²) in [5.74, 6) is -2.11. The number of hydrogen-bond donors (Lipinski definition) is 2. The van der Waals surface area contributed by atoms with Crippen LogP contribution in [-0.2, 0) is 4.79 Å². The van der Waals surface area contributed by atoms with Gasteiger partial charge in [0.15, 0.2) is 5.82 Å². The van der Waals surface area contributed by atoms with Crippen LogP contribution in [0.25, 0.3) is 0 Å². The molecule has 0 radical (unpaired) electrons. The van der Waals surface area contributed by atoms with Crippen molar-refractivity contribution < 1.29 is 13.6 Å². The molecule has 0 saturated carbocycles. The molecule has 0 spiro atoms. The van der Waals surface area contributed by atoms with Crippen molar-refractivity contribution in [2.75, 3.05) is 11.9 Å². The highest BCUT2D eigenvalue weighted by Gasteiger charge is 2.34. The van der Waals surface area contributed by atoms with Crippen LogP contribution >= 0.6 is 11.6 Å². The molecule has 0 bridgehead atoms. The van der Waals surface area contributed by atoms with Crippen LogP contribution < -0.4 is 11.1 Å². The average molecular weight is 291 g/mol. The Morgan fingerprint density at radius 3 is 2.37 bits per heavy atom. The zero-order valence-corrected chi connectivity index (χ0v) is 11.7. The summed E-state index contributed by atoms with van der Waals surface area (Å²) in [6.07, 6.45) is 1.04. The van der Waals surface area contributed by atoms with E-state index in [-0.39, 0.29) is 17.3 Å². The van der Waals surface area contributed by atoms with Gasteiger partial charge in [0.1, 0.15) is 5.82 Å². The third kappa shape index (κ3) is 3.22. The van der Waals surface area contributed by atoms with Gasteiger partial charge in [-0.2, -0.15) is 0 Å². The smallest absolute Gasteiger partial charge is 0.231 e. The largest absolute Gasteiger partial charge is 0.329 e. The normalized spacial score (nSPS) is 11.5. The summed E-state index contributed by atoms with van der Waals surface area (Å²) < 4.78 is 26.5. The predicted octanol–water partition coefficient (Wildman–Crippen LogP) is 3.32. The number of hydrogen-bond acceptors (Lipinski definition) is 2. The molecule has 3 nitrogen and oxygen atoms in total.